The Kier molecular flexibility index (Phi) is 4.14. The quantitative estimate of drug-likeness (QED) is 0.479. The summed E-state index contributed by atoms with van der Waals surface area (Å²) < 4.78 is 9.82. The molecule has 0 saturated carbocycles. The molecule has 0 bridgehead atoms. The number of imidazole rings is 1. The fourth-order valence-electron chi connectivity index (χ4n) is 1.89. The lowest BCUT2D eigenvalue weighted by atomic mass is 10.3. The zero-order valence-electron chi connectivity index (χ0n) is 10.2. The highest BCUT2D eigenvalue weighted by molar-refractivity contribution is 9.11. The molecule has 6 heteroatoms. The average Bonchev–Trinajstić information content (AvgIpc) is 2.79. The molecule has 0 atom stereocenters. The monoisotopic (exact) mass is 458 g/mol. The molecule has 1 aromatic carbocycles. The van der Waals surface area contributed by atoms with E-state index in [0.717, 1.165) is 26.0 Å². The van der Waals surface area contributed by atoms with Crippen LogP contribution in [0.3, 0.4) is 0 Å². The second-order valence-corrected chi connectivity index (χ2v) is 6.43. The van der Waals surface area contributed by atoms with Crippen molar-refractivity contribution in [2.45, 2.75) is 5.33 Å². The van der Waals surface area contributed by atoms with Crippen LogP contribution in [0.2, 0.25) is 0 Å². The van der Waals surface area contributed by atoms with Crippen LogP contribution >= 0.6 is 47.8 Å². The molecule has 3 aromatic rings. The first-order chi connectivity index (χ1) is 9.69. The van der Waals surface area contributed by atoms with Crippen molar-refractivity contribution in [3.8, 4) is 11.6 Å². The Bertz CT molecular complexity index is 770. The van der Waals surface area contributed by atoms with Crippen LogP contribution in [-0.2, 0) is 5.33 Å². The summed E-state index contributed by atoms with van der Waals surface area (Å²) in [5.41, 5.74) is 1.85. The van der Waals surface area contributed by atoms with Gasteiger partial charge in [0.25, 0.3) is 0 Å². The molecule has 3 rings (SSSR count). The number of hydrogen-bond acceptors (Lipinski definition) is 2. The predicted molar refractivity (Wildman–Crippen MR) is 89.7 cm³/mol. The molecule has 0 unspecified atom stereocenters. The molecule has 0 aliphatic heterocycles. The molecule has 0 saturated heterocycles. The van der Waals surface area contributed by atoms with Gasteiger partial charge in [-0.05, 0) is 46.3 Å². The smallest absolute Gasteiger partial charge is 0.242 e. The maximum absolute atomic E-state index is 5.94. The summed E-state index contributed by atoms with van der Waals surface area (Å²) in [6.07, 6.45) is 1.97. The predicted octanol–water partition coefficient (Wildman–Crippen LogP) is 5.55. The minimum Gasteiger partial charge on any atom is -0.436 e. The van der Waals surface area contributed by atoms with E-state index in [4.69, 9.17) is 4.74 Å². The van der Waals surface area contributed by atoms with E-state index in [1.165, 1.54) is 0 Å². The molecule has 0 N–H and O–H groups in total. The van der Waals surface area contributed by atoms with Crippen molar-refractivity contribution in [2.24, 2.45) is 0 Å². The van der Waals surface area contributed by atoms with Crippen molar-refractivity contribution >= 4 is 53.4 Å². The van der Waals surface area contributed by atoms with Gasteiger partial charge >= 0.3 is 0 Å². The maximum Gasteiger partial charge on any atom is 0.242 e. The number of pyridine rings is 1. The van der Waals surface area contributed by atoms with E-state index in [9.17, 15) is 0 Å². The summed E-state index contributed by atoms with van der Waals surface area (Å²) in [7, 11) is 0. The van der Waals surface area contributed by atoms with Crippen molar-refractivity contribution in [2.75, 3.05) is 0 Å². The van der Waals surface area contributed by atoms with Crippen LogP contribution in [0, 0.1) is 0 Å². The van der Waals surface area contributed by atoms with Crippen LogP contribution in [0.25, 0.3) is 5.65 Å². The number of ether oxygens (including phenoxy) is 1. The van der Waals surface area contributed by atoms with Crippen molar-refractivity contribution in [1.29, 1.82) is 0 Å². The van der Waals surface area contributed by atoms with Crippen LogP contribution < -0.4 is 4.74 Å². The normalized spacial score (nSPS) is 10.9. The average molecular weight is 461 g/mol. The molecule has 2 heterocycles. The Hall–Kier alpha value is -0.850. The number of aromatic nitrogens is 2. The lowest BCUT2D eigenvalue weighted by Crippen LogP contribution is -1.92. The van der Waals surface area contributed by atoms with Crippen molar-refractivity contribution in [3.05, 3.63) is 57.2 Å². The number of fused-ring (bicyclic) bond motifs is 1. The maximum atomic E-state index is 5.94. The van der Waals surface area contributed by atoms with Crippen LogP contribution in [-0.4, -0.2) is 9.38 Å². The molecule has 0 aliphatic carbocycles. The van der Waals surface area contributed by atoms with E-state index in [1.807, 2.05) is 47.0 Å². The third-order valence-electron chi connectivity index (χ3n) is 2.82. The van der Waals surface area contributed by atoms with Gasteiger partial charge in [0.15, 0.2) is 0 Å². The highest BCUT2D eigenvalue weighted by atomic mass is 79.9. The first-order valence-electron chi connectivity index (χ1n) is 5.84. The molecule has 0 fully saturated rings. The summed E-state index contributed by atoms with van der Waals surface area (Å²) in [5.74, 6) is 1.34. The van der Waals surface area contributed by atoms with Crippen LogP contribution in [0.1, 0.15) is 5.69 Å². The fourth-order valence-corrected chi connectivity index (χ4v) is 3.53. The van der Waals surface area contributed by atoms with Gasteiger partial charge in [0.2, 0.25) is 5.88 Å². The first-order valence-corrected chi connectivity index (χ1v) is 8.54. The van der Waals surface area contributed by atoms with Gasteiger partial charge in [0.05, 0.1) is 10.2 Å². The highest BCUT2D eigenvalue weighted by Gasteiger charge is 2.14. The van der Waals surface area contributed by atoms with Gasteiger partial charge in [0.1, 0.15) is 11.4 Å². The van der Waals surface area contributed by atoms with Crippen molar-refractivity contribution in [1.82, 2.24) is 9.38 Å². The van der Waals surface area contributed by atoms with Crippen LogP contribution in [0.5, 0.6) is 11.6 Å². The summed E-state index contributed by atoms with van der Waals surface area (Å²) in [4.78, 5) is 4.52. The molecule has 3 nitrogen and oxygen atoms in total. The second kappa shape index (κ2) is 5.87. The van der Waals surface area contributed by atoms with Gasteiger partial charge in [-0.15, -0.1) is 0 Å². The summed E-state index contributed by atoms with van der Waals surface area (Å²) in [6.45, 7) is 0. The summed E-state index contributed by atoms with van der Waals surface area (Å²) in [6, 6.07) is 11.7. The van der Waals surface area contributed by atoms with Gasteiger partial charge in [-0.3, -0.25) is 4.40 Å². The number of nitrogens with zero attached hydrogens (tertiary/aromatic N) is 2. The number of rotatable bonds is 3. The minimum atomic E-state index is 0.607. The molecular formula is C14H9Br3N2O. The standard InChI is InChI=1S/C14H9Br3N2O/c15-8-11-14(18-13-3-1-2-6-19(11)13)20-12-5-4-9(16)7-10(12)17/h1-7H,8H2. The number of alkyl halides is 1. The highest BCUT2D eigenvalue weighted by Crippen LogP contribution is 2.33. The Labute approximate surface area is 141 Å². The van der Waals surface area contributed by atoms with Gasteiger partial charge < -0.3 is 4.74 Å². The summed E-state index contributed by atoms with van der Waals surface area (Å²) in [5, 5.41) is 0.668. The van der Waals surface area contributed by atoms with Gasteiger partial charge in [-0.25, -0.2) is 0 Å². The zero-order chi connectivity index (χ0) is 14.1. The Morgan fingerprint density at radius 3 is 2.75 bits per heavy atom. The molecule has 0 aliphatic rings. The Morgan fingerprint density at radius 1 is 1.15 bits per heavy atom. The number of hydrogen-bond donors (Lipinski definition) is 0. The van der Waals surface area contributed by atoms with Crippen LogP contribution in [0.4, 0.5) is 0 Å². The van der Waals surface area contributed by atoms with E-state index < -0.39 is 0 Å². The first kappa shape index (κ1) is 14.1. The molecule has 0 amide bonds. The molecule has 2 aromatic heterocycles. The third kappa shape index (κ3) is 2.64. The Morgan fingerprint density at radius 2 is 2.00 bits per heavy atom. The Balaban J connectivity index is 2.06. The zero-order valence-corrected chi connectivity index (χ0v) is 14.9. The largest absolute Gasteiger partial charge is 0.436 e. The number of benzene rings is 1. The number of halogens is 3. The molecule has 0 radical (unpaired) electrons. The summed E-state index contributed by atoms with van der Waals surface area (Å²) >= 11 is 10.4. The molecule has 20 heavy (non-hydrogen) atoms. The van der Waals surface area contributed by atoms with E-state index >= 15 is 0 Å². The third-order valence-corrected chi connectivity index (χ3v) is 4.46. The van der Waals surface area contributed by atoms with Gasteiger partial charge in [-0.1, -0.05) is 37.9 Å². The molecule has 0 spiro atoms. The van der Waals surface area contributed by atoms with Crippen molar-refractivity contribution in [3.63, 3.8) is 0 Å². The van der Waals surface area contributed by atoms with E-state index in [2.05, 4.69) is 52.8 Å². The fraction of sp³-hybridized carbons (Fsp3) is 0.0714. The lowest BCUT2D eigenvalue weighted by molar-refractivity contribution is 0.459. The van der Waals surface area contributed by atoms with E-state index in [-0.39, 0.29) is 0 Å². The van der Waals surface area contributed by atoms with Crippen molar-refractivity contribution < 1.29 is 4.74 Å². The molecule has 102 valence electrons. The molecular weight excluding hydrogens is 452 g/mol. The van der Waals surface area contributed by atoms with Gasteiger partial charge in [-0.2, -0.15) is 4.98 Å². The second-order valence-electron chi connectivity index (χ2n) is 4.10. The van der Waals surface area contributed by atoms with Gasteiger partial charge in [0, 0.05) is 16.0 Å². The lowest BCUT2D eigenvalue weighted by Gasteiger charge is -2.07. The van der Waals surface area contributed by atoms with E-state index in [1.54, 1.807) is 0 Å². The van der Waals surface area contributed by atoms with E-state index in [0.29, 0.717) is 11.2 Å². The van der Waals surface area contributed by atoms with Crippen LogP contribution in [0.15, 0.2) is 51.5 Å². The topological polar surface area (TPSA) is 26.5 Å². The minimum absolute atomic E-state index is 0.607. The SMILES string of the molecule is BrCc1c(Oc2ccc(Br)cc2Br)nc2ccccn12.